The first-order valence-corrected chi connectivity index (χ1v) is 18.1. The summed E-state index contributed by atoms with van der Waals surface area (Å²) in [5.41, 5.74) is -0.318. The fourth-order valence-corrected chi connectivity index (χ4v) is 8.75. The van der Waals surface area contributed by atoms with E-state index in [0.717, 1.165) is 36.2 Å². The molecule has 0 N–H and O–H groups in total. The second-order valence-corrected chi connectivity index (χ2v) is 19.9. The van der Waals surface area contributed by atoms with Gasteiger partial charge in [0.15, 0.2) is 8.32 Å². The Bertz CT molecular complexity index is 815. The Balaban J connectivity index is 2.00. The van der Waals surface area contributed by atoms with Crippen molar-refractivity contribution in [1.82, 2.24) is 0 Å². The molecular weight excluding hydrogens is 464 g/mol. The van der Waals surface area contributed by atoms with Crippen LogP contribution in [-0.4, -0.2) is 35.2 Å². The van der Waals surface area contributed by atoms with Crippen molar-refractivity contribution in [3.63, 3.8) is 0 Å². The molecule has 0 fully saturated rings. The summed E-state index contributed by atoms with van der Waals surface area (Å²) >= 11 is 0. The Labute approximate surface area is 218 Å². The normalized spacial score (nSPS) is 14.2. The highest BCUT2D eigenvalue weighted by Gasteiger charge is 2.46. The molecule has 1 unspecified atom stereocenters. The standard InChI is InChI=1S/C30H50O3Si2/c1-26(20-14-10-11-19-25-31-34(8,9)30(5,6)7)32-35(33-29(2,3)4,27-21-15-12-16-22-27)28-23-17-13-18-24-28/h12-13,15-18,21-24,26H,10-11,14,19-20,25H2,1-9H3. The molecule has 0 saturated heterocycles. The quantitative estimate of drug-likeness (QED) is 0.205. The molecule has 5 heteroatoms. The van der Waals surface area contributed by atoms with Gasteiger partial charge in [-0.15, -0.1) is 0 Å². The molecule has 0 saturated carbocycles. The zero-order chi connectivity index (χ0) is 26.2. The van der Waals surface area contributed by atoms with E-state index in [1.807, 2.05) is 0 Å². The highest BCUT2D eigenvalue weighted by molar-refractivity contribution is 6.92. The Morgan fingerprint density at radius 3 is 1.66 bits per heavy atom. The van der Waals surface area contributed by atoms with Crippen molar-refractivity contribution in [2.24, 2.45) is 0 Å². The molecule has 0 aliphatic rings. The van der Waals surface area contributed by atoms with Crippen LogP contribution in [0.1, 0.15) is 80.6 Å². The summed E-state index contributed by atoms with van der Waals surface area (Å²) in [6.07, 6.45) is 5.87. The van der Waals surface area contributed by atoms with E-state index in [-0.39, 0.29) is 16.7 Å². The Morgan fingerprint density at radius 2 is 1.20 bits per heavy atom. The summed E-state index contributed by atoms with van der Waals surface area (Å²) in [5.74, 6) is 0. The lowest BCUT2D eigenvalue weighted by Crippen LogP contribution is -2.66. The minimum absolute atomic E-state index is 0.118. The maximum Gasteiger partial charge on any atom is 0.407 e. The third-order valence-electron chi connectivity index (χ3n) is 6.90. The van der Waals surface area contributed by atoms with Crippen LogP contribution in [0.25, 0.3) is 0 Å². The molecule has 0 aromatic heterocycles. The van der Waals surface area contributed by atoms with E-state index in [4.69, 9.17) is 13.3 Å². The molecule has 1 atom stereocenters. The molecule has 3 nitrogen and oxygen atoms in total. The third kappa shape index (κ3) is 9.29. The minimum atomic E-state index is -2.88. The van der Waals surface area contributed by atoms with Gasteiger partial charge in [-0.05, 0) is 69.0 Å². The molecule has 0 radical (unpaired) electrons. The van der Waals surface area contributed by atoms with E-state index >= 15 is 0 Å². The topological polar surface area (TPSA) is 27.7 Å². The smallest absolute Gasteiger partial charge is 0.407 e. The van der Waals surface area contributed by atoms with Crippen LogP contribution >= 0.6 is 0 Å². The molecule has 0 amide bonds. The van der Waals surface area contributed by atoms with Crippen LogP contribution in [0.2, 0.25) is 18.1 Å². The van der Waals surface area contributed by atoms with Crippen molar-refractivity contribution in [3.8, 4) is 0 Å². The van der Waals surface area contributed by atoms with Gasteiger partial charge in [-0.25, -0.2) is 0 Å². The fraction of sp³-hybridized carbons (Fsp3) is 0.600. The Hall–Kier alpha value is -1.25. The zero-order valence-electron chi connectivity index (χ0n) is 23.8. The summed E-state index contributed by atoms with van der Waals surface area (Å²) < 4.78 is 20.2. The lowest BCUT2D eigenvalue weighted by Gasteiger charge is -2.39. The molecule has 2 aromatic rings. The van der Waals surface area contributed by atoms with Gasteiger partial charge in [0.1, 0.15) is 0 Å². The predicted octanol–water partition coefficient (Wildman–Crippen LogP) is 7.44. The van der Waals surface area contributed by atoms with Gasteiger partial charge in [-0.1, -0.05) is 101 Å². The predicted molar refractivity (Wildman–Crippen MR) is 156 cm³/mol. The van der Waals surface area contributed by atoms with E-state index in [1.165, 1.54) is 12.8 Å². The van der Waals surface area contributed by atoms with Crippen molar-refractivity contribution in [2.75, 3.05) is 6.61 Å². The van der Waals surface area contributed by atoms with Crippen molar-refractivity contribution in [3.05, 3.63) is 60.7 Å². The van der Waals surface area contributed by atoms with Gasteiger partial charge in [-0.2, -0.15) is 0 Å². The molecule has 0 bridgehead atoms. The summed E-state index contributed by atoms with van der Waals surface area (Å²) in [5, 5.41) is 2.61. The first kappa shape index (κ1) is 30.0. The van der Waals surface area contributed by atoms with E-state index in [9.17, 15) is 0 Å². The molecule has 196 valence electrons. The number of hydrogen-bond acceptors (Lipinski definition) is 3. The van der Waals surface area contributed by atoms with Crippen LogP contribution in [0.5, 0.6) is 0 Å². The summed E-state index contributed by atoms with van der Waals surface area (Å²) in [6, 6.07) is 21.1. The number of benzene rings is 2. The van der Waals surface area contributed by atoms with Gasteiger partial charge in [0, 0.05) is 12.7 Å². The van der Waals surface area contributed by atoms with Crippen LogP contribution in [0.4, 0.5) is 0 Å². The number of unbranched alkanes of at least 4 members (excludes halogenated alkanes) is 3. The number of rotatable bonds is 13. The average molecular weight is 515 g/mol. The lowest BCUT2D eigenvalue weighted by atomic mass is 10.1. The molecule has 0 aliphatic carbocycles. The SMILES string of the molecule is CC(CCCCCCO[Si](C)(C)C(C)(C)C)O[Si](OC(C)(C)C)(c1ccccc1)c1ccccc1. The van der Waals surface area contributed by atoms with Gasteiger partial charge in [-0.3, -0.25) is 0 Å². The van der Waals surface area contributed by atoms with Crippen molar-refractivity contribution in [1.29, 1.82) is 0 Å². The van der Waals surface area contributed by atoms with Crippen LogP contribution in [0, 0.1) is 0 Å². The van der Waals surface area contributed by atoms with Gasteiger partial charge >= 0.3 is 8.56 Å². The highest BCUT2D eigenvalue weighted by atomic mass is 28.4. The van der Waals surface area contributed by atoms with Crippen molar-refractivity contribution in [2.45, 2.75) is 110 Å². The van der Waals surface area contributed by atoms with Crippen LogP contribution in [0.15, 0.2) is 60.7 Å². The van der Waals surface area contributed by atoms with E-state index in [0.29, 0.717) is 0 Å². The zero-order valence-corrected chi connectivity index (χ0v) is 25.8. The highest BCUT2D eigenvalue weighted by Crippen LogP contribution is 2.36. The molecule has 2 aromatic carbocycles. The molecule has 0 aliphatic heterocycles. The Kier molecular flexibility index (Phi) is 11.0. The third-order valence-corrected chi connectivity index (χ3v) is 15.3. The van der Waals surface area contributed by atoms with E-state index < -0.39 is 16.9 Å². The van der Waals surface area contributed by atoms with Gasteiger partial charge < -0.3 is 13.3 Å². The van der Waals surface area contributed by atoms with E-state index in [1.54, 1.807) is 0 Å². The number of hydrogen-bond donors (Lipinski definition) is 0. The fourth-order valence-electron chi connectivity index (χ4n) is 3.96. The maximum absolute atomic E-state index is 6.99. The van der Waals surface area contributed by atoms with Gasteiger partial charge in [0.2, 0.25) is 0 Å². The summed E-state index contributed by atoms with van der Waals surface area (Å²) in [6.45, 7) is 21.1. The average Bonchev–Trinajstić information content (AvgIpc) is 2.77. The monoisotopic (exact) mass is 514 g/mol. The molecule has 35 heavy (non-hydrogen) atoms. The van der Waals surface area contributed by atoms with Crippen molar-refractivity contribution < 1.29 is 13.3 Å². The van der Waals surface area contributed by atoms with Crippen LogP contribution in [0.3, 0.4) is 0 Å². The van der Waals surface area contributed by atoms with Crippen LogP contribution < -0.4 is 10.4 Å². The Morgan fingerprint density at radius 1 is 0.714 bits per heavy atom. The first-order chi connectivity index (χ1) is 16.3. The second kappa shape index (κ2) is 12.8. The molecular formula is C30H50O3Si2. The van der Waals surface area contributed by atoms with E-state index in [2.05, 4.69) is 122 Å². The molecule has 0 spiro atoms. The molecule has 2 rings (SSSR count). The minimum Gasteiger partial charge on any atom is -0.417 e. The molecule has 0 heterocycles. The first-order valence-electron chi connectivity index (χ1n) is 13.4. The lowest BCUT2D eigenvalue weighted by molar-refractivity contribution is 0.0575. The largest absolute Gasteiger partial charge is 0.417 e. The maximum atomic E-state index is 6.99. The second-order valence-electron chi connectivity index (χ2n) is 12.3. The van der Waals surface area contributed by atoms with Crippen LogP contribution in [-0.2, 0) is 13.3 Å². The summed E-state index contributed by atoms with van der Waals surface area (Å²) in [7, 11) is -4.51. The van der Waals surface area contributed by atoms with Gasteiger partial charge in [0.05, 0.1) is 5.60 Å². The summed E-state index contributed by atoms with van der Waals surface area (Å²) in [4.78, 5) is 0. The van der Waals surface area contributed by atoms with Gasteiger partial charge in [0.25, 0.3) is 0 Å². The van der Waals surface area contributed by atoms with Crippen molar-refractivity contribution >= 4 is 27.3 Å².